The summed E-state index contributed by atoms with van der Waals surface area (Å²) in [6, 6.07) is 55.2. The van der Waals surface area contributed by atoms with Crippen molar-refractivity contribution in [2.45, 2.75) is 0 Å². The van der Waals surface area contributed by atoms with Crippen LogP contribution >= 0.6 is 22.7 Å². The molecule has 6 aromatic carbocycles. The lowest BCUT2D eigenvalue weighted by atomic mass is 10.0. The molecule has 0 saturated carbocycles. The molecule has 0 bridgehead atoms. The second-order valence-electron chi connectivity index (χ2n) is 11.8. The first-order valence-electron chi connectivity index (χ1n) is 15.5. The summed E-state index contributed by atoms with van der Waals surface area (Å²) >= 11 is 3.73. The molecule has 46 heavy (non-hydrogen) atoms. The van der Waals surface area contributed by atoms with Gasteiger partial charge in [0.2, 0.25) is 0 Å². The van der Waals surface area contributed by atoms with Crippen LogP contribution in [0.1, 0.15) is 0 Å². The standard InChI is InChI=1S/C42H26N2S2/c1-3-13-29(14-4-1)43(30-15-5-2-6-16-30)31-17-11-12-27(24-31)40-33-19-7-8-20-34(33)41(46-40)28-25-36-32-18-9-10-21-38(32)44-39(36)37(26-28)35-22-23-45-42(35)44/h1-26H. The van der Waals surface area contributed by atoms with Crippen LogP contribution in [0.2, 0.25) is 0 Å². The van der Waals surface area contributed by atoms with E-state index in [0.29, 0.717) is 0 Å². The van der Waals surface area contributed by atoms with Crippen molar-refractivity contribution in [2.24, 2.45) is 0 Å². The Labute approximate surface area is 274 Å². The molecular weight excluding hydrogens is 597 g/mol. The van der Waals surface area contributed by atoms with Crippen molar-refractivity contribution in [1.82, 2.24) is 4.40 Å². The summed E-state index contributed by atoms with van der Waals surface area (Å²) in [5.41, 5.74) is 8.55. The fraction of sp³-hybridized carbons (Fsp3) is 0. The van der Waals surface area contributed by atoms with E-state index < -0.39 is 0 Å². The third-order valence-electron chi connectivity index (χ3n) is 9.18. The topological polar surface area (TPSA) is 7.65 Å². The third kappa shape index (κ3) is 3.75. The fourth-order valence-corrected chi connectivity index (χ4v) is 9.43. The maximum atomic E-state index is 2.47. The normalized spacial score (nSPS) is 11.9. The average Bonchev–Trinajstić information content (AvgIpc) is 3.89. The number of anilines is 3. The molecule has 0 radical (unpaired) electrons. The van der Waals surface area contributed by atoms with Gasteiger partial charge < -0.3 is 4.90 Å². The molecule has 0 aliphatic heterocycles. The quantitative estimate of drug-likeness (QED) is 0.185. The van der Waals surface area contributed by atoms with Crippen LogP contribution < -0.4 is 4.90 Å². The third-order valence-corrected chi connectivity index (χ3v) is 11.4. The minimum atomic E-state index is 1.14. The molecule has 216 valence electrons. The van der Waals surface area contributed by atoms with Crippen molar-refractivity contribution in [2.75, 3.05) is 4.90 Å². The number of rotatable bonds is 5. The smallest absolute Gasteiger partial charge is 0.108 e. The number of fused-ring (bicyclic) bond motifs is 7. The Kier molecular flexibility index (Phi) is 5.65. The van der Waals surface area contributed by atoms with Gasteiger partial charge in [-0.2, -0.15) is 0 Å². The van der Waals surface area contributed by atoms with Crippen LogP contribution in [0.4, 0.5) is 17.1 Å². The molecule has 0 fully saturated rings. The van der Waals surface area contributed by atoms with Crippen LogP contribution in [0.3, 0.4) is 0 Å². The zero-order chi connectivity index (χ0) is 30.2. The van der Waals surface area contributed by atoms with Gasteiger partial charge in [-0.3, -0.25) is 4.40 Å². The second-order valence-corrected chi connectivity index (χ2v) is 13.7. The first-order valence-corrected chi connectivity index (χ1v) is 17.2. The van der Waals surface area contributed by atoms with Crippen molar-refractivity contribution in [3.05, 3.63) is 157 Å². The van der Waals surface area contributed by atoms with E-state index in [4.69, 9.17) is 0 Å². The summed E-state index contributed by atoms with van der Waals surface area (Å²) in [7, 11) is 0. The van der Waals surface area contributed by atoms with Crippen LogP contribution in [0.5, 0.6) is 0 Å². The van der Waals surface area contributed by atoms with E-state index in [-0.39, 0.29) is 0 Å². The van der Waals surface area contributed by atoms with Crippen LogP contribution in [0.15, 0.2) is 157 Å². The Bertz CT molecular complexity index is 2660. The molecule has 10 aromatic rings. The Morgan fingerprint density at radius 2 is 1.02 bits per heavy atom. The molecule has 4 aromatic heterocycles. The van der Waals surface area contributed by atoms with E-state index >= 15 is 0 Å². The molecular formula is C42H26N2S2. The number of benzene rings is 6. The van der Waals surface area contributed by atoms with E-state index in [9.17, 15) is 0 Å². The monoisotopic (exact) mass is 622 g/mol. The van der Waals surface area contributed by atoms with Gasteiger partial charge in [-0.25, -0.2) is 0 Å². The minimum Gasteiger partial charge on any atom is -0.310 e. The first kappa shape index (κ1) is 25.9. The maximum Gasteiger partial charge on any atom is 0.108 e. The van der Waals surface area contributed by atoms with Gasteiger partial charge in [0, 0.05) is 59.1 Å². The number of thiophene rings is 2. The van der Waals surface area contributed by atoms with Gasteiger partial charge in [-0.1, -0.05) is 91.0 Å². The zero-order valence-corrected chi connectivity index (χ0v) is 26.4. The fourth-order valence-electron chi connectivity index (χ4n) is 7.23. The molecule has 0 atom stereocenters. The Morgan fingerprint density at radius 1 is 0.435 bits per heavy atom. The zero-order valence-electron chi connectivity index (χ0n) is 24.7. The van der Waals surface area contributed by atoms with Crippen LogP contribution in [-0.4, -0.2) is 4.40 Å². The average molecular weight is 623 g/mol. The van der Waals surface area contributed by atoms with Gasteiger partial charge in [-0.05, 0) is 77.2 Å². The van der Waals surface area contributed by atoms with Crippen molar-refractivity contribution in [1.29, 1.82) is 0 Å². The second kappa shape index (κ2) is 10.0. The summed E-state index contributed by atoms with van der Waals surface area (Å²) in [4.78, 5) is 6.28. The highest BCUT2D eigenvalue weighted by molar-refractivity contribution is 7.21. The molecule has 0 saturated heterocycles. The molecule has 0 amide bonds. The van der Waals surface area contributed by atoms with Crippen molar-refractivity contribution in [3.8, 4) is 20.9 Å². The molecule has 2 nitrogen and oxygen atoms in total. The van der Waals surface area contributed by atoms with Gasteiger partial charge in [0.05, 0.1) is 11.0 Å². The molecule has 4 heterocycles. The maximum absolute atomic E-state index is 2.47. The lowest BCUT2D eigenvalue weighted by molar-refractivity contribution is 1.28. The minimum absolute atomic E-state index is 1.14. The summed E-state index contributed by atoms with van der Waals surface area (Å²) in [5, 5.41) is 10.1. The van der Waals surface area contributed by atoms with Crippen LogP contribution in [-0.2, 0) is 0 Å². The van der Waals surface area contributed by atoms with Gasteiger partial charge in [0.1, 0.15) is 4.83 Å². The van der Waals surface area contributed by atoms with Crippen molar-refractivity contribution in [3.63, 3.8) is 0 Å². The molecule has 0 N–H and O–H groups in total. The summed E-state index contributed by atoms with van der Waals surface area (Å²) in [5.74, 6) is 0. The van der Waals surface area contributed by atoms with Gasteiger partial charge in [0.25, 0.3) is 0 Å². The number of para-hydroxylation sites is 3. The van der Waals surface area contributed by atoms with Crippen LogP contribution in [0, 0.1) is 0 Å². The molecule has 0 aliphatic rings. The molecule has 4 heteroatoms. The number of aromatic nitrogens is 1. The Balaban J connectivity index is 1.19. The number of nitrogens with zero attached hydrogens (tertiary/aromatic N) is 2. The summed E-state index contributed by atoms with van der Waals surface area (Å²) in [6.45, 7) is 0. The highest BCUT2D eigenvalue weighted by atomic mass is 32.1. The summed E-state index contributed by atoms with van der Waals surface area (Å²) < 4.78 is 2.47. The lowest BCUT2D eigenvalue weighted by Gasteiger charge is -2.25. The van der Waals surface area contributed by atoms with Gasteiger partial charge in [0.15, 0.2) is 0 Å². The highest BCUT2D eigenvalue weighted by Gasteiger charge is 2.22. The highest BCUT2D eigenvalue weighted by Crippen LogP contribution is 2.49. The Hall–Kier alpha value is -5.42. The van der Waals surface area contributed by atoms with Gasteiger partial charge in [-0.15, -0.1) is 22.7 Å². The molecule has 0 spiro atoms. The SMILES string of the molecule is c1ccc(N(c2ccccc2)c2cccc(-c3sc(-c4cc5c6ccccc6n6c7sccc7c(c4)c56)c4ccccc34)c2)cc1. The largest absolute Gasteiger partial charge is 0.310 e. The lowest BCUT2D eigenvalue weighted by Crippen LogP contribution is -2.09. The van der Waals surface area contributed by atoms with E-state index in [1.807, 2.05) is 22.7 Å². The molecule has 0 aliphatic carbocycles. The predicted octanol–water partition coefficient (Wildman–Crippen LogP) is 12.9. The number of hydrogen-bond acceptors (Lipinski definition) is 3. The van der Waals surface area contributed by atoms with E-state index in [1.54, 1.807) is 0 Å². The van der Waals surface area contributed by atoms with E-state index in [1.165, 1.54) is 69.1 Å². The van der Waals surface area contributed by atoms with Crippen molar-refractivity contribution >= 4 is 87.9 Å². The Morgan fingerprint density at radius 3 is 1.74 bits per heavy atom. The first-order chi connectivity index (χ1) is 22.8. The number of hydrogen-bond donors (Lipinski definition) is 0. The van der Waals surface area contributed by atoms with E-state index in [2.05, 4.69) is 166 Å². The summed E-state index contributed by atoms with van der Waals surface area (Å²) in [6.07, 6.45) is 0. The van der Waals surface area contributed by atoms with E-state index in [0.717, 1.165) is 17.1 Å². The van der Waals surface area contributed by atoms with Gasteiger partial charge >= 0.3 is 0 Å². The van der Waals surface area contributed by atoms with Crippen molar-refractivity contribution < 1.29 is 0 Å². The van der Waals surface area contributed by atoms with Crippen LogP contribution in [0.25, 0.3) is 69.1 Å². The predicted molar refractivity (Wildman–Crippen MR) is 200 cm³/mol. The molecule has 10 rings (SSSR count). The molecule has 0 unspecified atom stereocenters.